The maximum atomic E-state index is 12.2. The number of nitrogens with zero attached hydrogens (tertiary/aromatic N) is 1. The van der Waals surface area contributed by atoms with E-state index in [1.165, 1.54) is 0 Å². The molecule has 0 fully saturated rings. The molecule has 0 unspecified atom stereocenters. The lowest BCUT2D eigenvalue weighted by Gasteiger charge is -2.21. The van der Waals surface area contributed by atoms with E-state index in [9.17, 15) is 9.90 Å². The molecule has 1 amide bonds. The minimum absolute atomic E-state index is 0.0690. The summed E-state index contributed by atoms with van der Waals surface area (Å²) in [7, 11) is 0. The summed E-state index contributed by atoms with van der Waals surface area (Å²) in [6.07, 6.45) is 0.893. The molecule has 2 atom stereocenters. The van der Waals surface area contributed by atoms with Gasteiger partial charge < -0.3 is 10.4 Å². The summed E-state index contributed by atoms with van der Waals surface area (Å²) in [6, 6.07) is 11.1. The number of amides is 1. The van der Waals surface area contributed by atoms with E-state index < -0.39 is 0 Å². The van der Waals surface area contributed by atoms with Gasteiger partial charge in [-0.05, 0) is 12.0 Å². The average Bonchev–Trinajstić information content (AvgIpc) is 3.02. The van der Waals surface area contributed by atoms with Crippen molar-refractivity contribution >= 4 is 5.91 Å². The number of benzene rings is 1. The van der Waals surface area contributed by atoms with Gasteiger partial charge in [-0.3, -0.25) is 9.89 Å². The largest absolute Gasteiger partial charge is 0.394 e. The fourth-order valence-corrected chi connectivity index (χ4v) is 2.09. The molecule has 0 aliphatic heterocycles. The predicted molar refractivity (Wildman–Crippen MR) is 81.8 cm³/mol. The number of H-pyrrole nitrogens is 1. The molecule has 0 radical (unpaired) electrons. The van der Waals surface area contributed by atoms with E-state index in [0.29, 0.717) is 5.69 Å². The second kappa shape index (κ2) is 7.04. The summed E-state index contributed by atoms with van der Waals surface area (Å²) in [6.45, 7) is 3.97. The van der Waals surface area contributed by atoms with Crippen molar-refractivity contribution in [3.05, 3.63) is 42.1 Å². The molecule has 1 aromatic heterocycles. The van der Waals surface area contributed by atoms with Crippen LogP contribution < -0.4 is 5.32 Å². The summed E-state index contributed by atoms with van der Waals surface area (Å²) >= 11 is 0. The Labute approximate surface area is 124 Å². The molecule has 21 heavy (non-hydrogen) atoms. The number of aliphatic hydroxyl groups is 1. The maximum absolute atomic E-state index is 12.2. The highest BCUT2D eigenvalue weighted by Gasteiger charge is 2.19. The van der Waals surface area contributed by atoms with Gasteiger partial charge in [-0.25, -0.2) is 0 Å². The third kappa shape index (κ3) is 3.70. The van der Waals surface area contributed by atoms with E-state index in [1.54, 1.807) is 6.07 Å². The Morgan fingerprint density at radius 3 is 2.71 bits per heavy atom. The smallest absolute Gasteiger partial charge is 0.269 e. The third-order valence-electron chi connectivity index (χ3n) is 3.74. The third-order valence-corrected chi connectivity index (χ3v) is 3.74. The van der Waals surface area contributed by atoms with Crippen LogP contribution >= 0.6 is 0 Å². The van der Waals surface area contributed by atoms with Crippen LogP contribution in [0.1, 0.15) is 30.8 Å². The molecular formula is C16H21N3O2. The van der Waals surface area contributed by atoms with E-state index in [0.717, 1.165) is 17.7 Å². The van der Waals surface area contributed by atoms with Crippen LogP contribution in [0.2, 0.25) is 0 Å². The van der Waals surface area contributed by atoms with E-state index >= 15 is 0 Å². The summed E-state index contributed by atoms with van der Waals surface area (Å²) in [5, 5.41) is 19.1. The molecule has 5 nitrogen and oxygen atoms in total. The van der Waals surface area contributed by atoms with Crippen molar-refractivity contribution in [2.24, 2.45) is 5.92 Å². The molecule has 112 valence electrons. The minimum atomic E-state index is -0.246. The Morgan fingerprint density at radius 1 is 1.38 bits per heavy atom. The van der Waals surface area contributed by atoms with Crippen LogP contribution in [0.4, 0.5) is 0 Å². The number of aliphatic hydroxyl groups excluding tert-OH is 1. The van der Waals surface area contributed by atoms with Gasteiger partial charge in [0.15, 0.2) is 0 Å². The van der Waals surface area contributed by atoms with E-state index in [-0.39, 0.29) is 24.5 Å². The average molecular weight is 287 g/mol. The summed E-state index contributed by atoms with van der Waals surface area (Å²) < 4.78 is 0. The van der Waals surface area contributed by atoms with Crippen molar-refractivity contribution in [3.63, 3.8) is 0 Å². The van der Waals surface area contributed by atoms with Crippen LogP contribution in [0.3, 0.4) is 0 Å². The van der Waals surface area contributed by atoms with Gasteiger partial charge >= 0.3 is 0 Å². The van der Waals surface area contributed by atoms with E-state index in [1.807, 2.05) is 44.2 Å². The van der Waals surface area contributed by atoms with Gasteiger partial charge in [-0.2, -0.15) is 5.10 Å². The highest BCUT2D eigenvalue weighted by molar-refractivity contribution is 5.93. The fourth-order valence-electron chi connectivity index (χ4n) is 2.09. The predicted octanol–water partition coefficient (Wildman–Crippen LogP) is 2.21. The van der Waals surface area contributed by atoms with Crippen LogP contribution in [0, 0.1) is 5.92 Å². The molecule has 0 saturated heterocycles. The van der Waals surface area contributed by atoms with Gasteiger partial charge in [0.2, 0.25) is 0 Å². The molecule has 2 rings (SSSR count). The molecule has 5 heteroatoms. The van der Waals surface area contributed by atoms with Gasteiger partial charge in [-0.15, -0.1) is 0 Å². The lowest BCUT2D eigenvalue weighted by Crippen LogP contribution is -2.42. The second-order valence-corrected chi connectivity index (χ2v) is 5.18. The topological polar surface area (TPSA) is 78.0 Å². The Hall–Kier alpha value is -2.14. The van der Waals surface area contributed by atoms with Crippen LogP contribution in [0.25, 0.3) is 11.3 Å². The first-order chi connectivity index (χ1) is 10.2. The van der Waals surface area contributed by atoms with E-state index in [2.05, 4.69) is 15.5 Å². The molecule has 0 bridgehead atoms. The molecule has 1 heterocycles. The first kappa shape index (κ1) is 15.3. The highest BCUT2D eigenvalue weighted by Crippen LogP contribution is 2.17. The number of rotatable bonds is 6. The van der Waals surface area contributed by atoms with Crippen LogP contribution in [-0.2, 0) is 0 Å². The van der Waals surface area contributed by atoms with Crippen molar-refractivity contribution in [2.45, 2.75) is 26.3 Å². The fraction of sp³-hybridized carbons (Fsp3) is 0.375. The van der Waals surface area contributed by atoms with Crippen LogP contribution in [-0.4, -0.2) is 33.9 Å². The van der Waals surface area contributed by atoms with Crippen molar-refractivity contribution < 1.29 is 9.90 Å². The first-order valence-electron chi connectivity index (χ1n) is 7.18. The second-order valence-electron chi connectivity index (χ2n) is 5.18. The molecule has 0 aliphatic rings. The lowest BCUT2D eigenvalue weighted by atomic mass is 10.00. The van der Waals surface area contributed by atoms with Crippen LogP contribution in [0.5, 0.6) is 0 Å². The Bertz CT molecular complexity index is 580. The van der Waals surface area contributed by atoms with Gasteiger partial charge in [0.1, 0.15) is 5.69 Å². The quantitative estimate of drug-likeness (QED) is 0.762. The number of carbonyl (C=O) groups excluding carboxylic acids is 1. The summed E-state index contributed by atoms with van der Waals surface area (Å²) in [4.78, 5) is 12.2. The van der Waals surface area contributed by atoms with Gasteiger partial charge in [-0.1, -0.05) is 50.6 Å². The first-order valence-corrected chi connectivity index (χ1v) is 7.18. The van der Waals surface area contributed by atoms with Crippen molar-refractivity contribution in [3.8, 4) is 11.3 Å². The molecule has 1 aromatic carbocycles. The van der Waals surface area contributed by atoms with Crippen molar-refractivity contribution in [2.75, 3.05) is 6.61 Å². The number of hydrogen-bond acceptors (Lipinski definition) is 3. The molecule has 0 aliphatic carbocycles. The Morgan fingerprint density at radius 2 is 2.10 bits per heavy atom. The van der Waals surface area contributed by atoms with Crippen molar-refractivity contribution in [1.29, 1.82) is 0 Å². The molecular weight excluding hydrogens is 266 g/mol. The van der Waals surface area contributed by atoms with Gasteiger partial charge in [0.25, 0.3) is 5.91 Å². The SMILES string of the molecule is CC[C@H](C)[C@H](CO)NC(=O)c1cc(-c2ccccc2)n[nH]1. The molecule has 3 N–H and O–H groups in total. The summed E-state index contributed by atoms with van der Waals surface area (Å²) in [5.74, 6) is -0.0282. The zero-order valence-electron chi connectivity index (χ0n) is 12.3. The van der Waals surface area contributed by atoms with Crippen LogP contribution in [0.15, 0.2) is 36.4 Å². The monoisotopic (exact) mass is 287 g/mol. The zero-order chi connectivity index (χ0) is 15.2. The molecule has 2 aromatic rings. The lowest BCUT2D eigenvalue weighted by molar-refractivity contribution is 0.0886. The molecule has 0 saturated carbocycles. The normalized spacial score (nSPS) is 13.7. The molecule has 0 spiro atoms. The van der Waals surface area contributed by atoms with Gasteiger partial charge in [0.05, 0.1) is 18.3 Å². The number of aromatic amines is 1. The van der Waals surface area contributed by atoms with Gasteiger partial charge in [0, 0.05) is 5.56 Å². The zero-order valence-corrected chi connectivity index (χ0v) is 12.3. The number of hydrogen-bond donors (Lipinski definition) is 3. The Kier molecular flexibility index (Phi) is 5.11. The maximum Gasteiger partial charge on any atom is 0.269 e. The Balaban J connectivity index is 2.09. The number of aromatic nitrogens is 2. The standard InChI is InChI=1S/C16H21N3O2/c1-3-11(2)15(10-20)17-16(21)14-9-13(18-19-14)12-7-5-4-6-8-12/h4-9,11,15,20H,3,10H2,1-2H3,(H,17,21)(H,18,19)/t11-,15-/m0/s1. The van der Waals surface area contributed by atoms with Crippen molar-refractivity contribution in [1.82, 2.24) is 15.5 Å². The number of carbonyl (C=O) groups is 1. The minimum Gasteiger partial charge on any atom is -0.394 e. The number of nitrogens with one attached hydrogen (secondary N) is 2. The highest BCUT2D eigenvalue weighted by atomic mass is 16.3. The summed E-state index contributed by atoms with van der Waals surface area (Å²) in [5.41, 5.74) is 2.08. The van der Waals surface area contributed by atoms with E-state index in [4.69, 9.17) is 0 Å².